The SMILES string of the molecule is O=C(CNC(=O)c1ccccc1)NCc1ccn[nH]1. The maximum Gasteiger partial charge on any atom is 0.251 e. The summed E-state index contributed by atoms with van der Waals surface area (Å²) in [6, 6.07) is 10.5. The lowest BCUT2D eigenvalue weighted by Crippen LogP contribution is -2.36. The Hall–Kier alpha value is -2.63. The first-order valence-corrected chi connectivity index (χ1v) is 5.84. The van der Waals surface area contributed by atoms with Crippen molar-refractivity contribution in [3.05, 3.63) is 53.9 Å². The number of hydrogen-bond acceptors (Lipinski definition) is 3. The summed E-state index contributed by atoms with van der Waals surface area (Å²) in [5.74, 6) is -0.517. The maximum atomic E-state index is 11.7. The predicted molar refractivity (Wildman–Crippen MR) is 69.2 cm³/mol. The van der Waals surface area contributed by atoms with Gasteiger partial charge < -0.3 is 10.6 Å². The fourth-order valence-electron chi connectivity index (χ4n) is 1.49. The van der Waals surface area contributed by atoms with Crippen LogP contribution < -0.4 is 10.6 Å². The molecule has 0 fully saturated rings. The molecule has 1 aromatic heterocycles. The summed E-state index contributed by atoms with van der Waals surface area (Å²) in [4.78, 5) is 23.2. The molecule has 1 heterocycles. The van der Waals surface area contributed by atoms with Gasteiger partial charge in [0.25, 0.3) is 5.91 Å². The summed E-state index contributed by atoms with van der Waals surface area (Å²) in [5, 5.41) is 11.7. The van der Waals surface area contributed by atoms with Crippen molar-refractivity contribution in [3.8, 4) is 0 Å². The standard InChI is InChI=1S/C13H14N4O2/c18-12(14-8-11-6-7-16-17-11)9-15-13(19)10-4-2-1-3-5-10/h1-7H,8-9H2,(H,14,18)(H,15,19)(H,16,17). The molecule has 0 spiro atoms. The van der Waals surface area contributed by atoms with E-state index in [0.717, 1.165) is 5.69 Å². The zero-order valence-corrected chi connectivity index (χ0v) is 10.2. The zero-order chi connectivity index (χ0) is 13.5. The number of amides is 2. The first-order chi connectivity index (χ1) is 9.25. The molecule has 0 aliphatic heterocycles. The van der Waals surface area contributed by atoms with E-state index in [9.17, 15) is 9.59 Å². The molecule has 0 saturated heterocycles. The second kappa shape index (κ2) is 6.34. The second-order valence-electron chi connectivity index (χ2n) is 3.91. The van der Waals surface area contributed by atoms with Gasteiger partial charge in [-0.05, 0) is 18.2 Å². The number of carbonyl (C=O) groups excluding carboxylic acids is 2. The molecule has 0 radical (unpaired) electrons. The van der Waals surface area contributed by atoms with Crippen molar-refractivity contribution in [3.63, 3.8) is 0 Å². The largest absolute Gasteiger partial charge is 0.349 e. The maximum absolute atomic E-state index is 11.7. The minimum absolute atomic E-state index is 0.0537. The van der Waals surface area contributed by atoms with Gasteiger partial charge in [0.2, 0.25) is 5.91 Å². The van der Waals surface area contributed by atoms with Crippen LogP contribution in [0.3, 0.4) is 0 Å². The highest BCUT2D eigenvalue weighted by atomic mass is 16.2. The van der Waals surface area contributed by atoms with Crippen molar-refractivity contribution < 1.29 is 9.59 Å². The van der Waals surface area contributed by atoms with Crippen LogP contribution in [0.1, 0.15) is 16.1 Å². The first-order valence-electron chi connectivity index (χ1n) is 5.84. The fraction of sp³-hybridized carbons (Fsp3) is 0.154. The third-order valence-electron chi connectivity index (χ3n) is 2.48. The number of H-pyrrole nitrogens is 1. The Morgan fingerprint density at radius 2 is 1.89 bits per heavy atom. The molecular formula is C13H14N4O2. The van der Waals surface area contributed by atoms with Crippen LogP contribution in [0.5, 0.6) is 0 Å². The minimum atomic E-state index is -0.266. The van der Waals surface area contributed by atoms with Gasteiger partial charge in [-0.25, -0.2) is 0 Å². The minimum Gasteiger partial charge on any atom is -0.349 e. The van der Waals surface area contributed by atoms with Crippen molar-refractivity contribution in [2.24, 2.45) is 0 Å². The normalized spacial score (nSPS) is 9.89. The van der Waals surface area contributed by atoms with Gasteiger partial charge in [-0.3, -0.25) is 14.7 Å². The number of rotatable bonds is 5. The van der Waals surface area contributed by atoms with Crippen molar-refractivity contribution >= 4 is 11.8 Å². The smallest absolute Gasteiger partial charge is 0.251 e. The van der Waals surface area contributed by atoms with Gasteiger partial charge in [0.1, 0.15) is 0 Å². The van der Waals surface area contributed by atoms with Crippen molar-refractivity contribution in [2.45, 2.75) is 6.54 Å². The van der Waals surface area contributed by atoms with Gasteiger partial charge >= 0.3 is 0 Å². The van der Waals surface area contributed by atoms with Crippen LogP contribution in [0.15, 0.2) is 42.6 Å². The van der Waals surface area contributed by atoms with Gasteiger partial charge in [-0.1, -0.05) is 18.2 Å². The fourth-order valence-corrected chi connectivity index (χ4v) is 1.49. The Morgan fingerprint density at radius 3 is 2.58 bits per heavy atom. The van der Waals surface area contributed by atoms with E-state index >= 15 is 0 Å². The van der Waals surface area contributed by atoms with E-state index in [1.54, 1.807) is 36.5 Å². The number of aromatic amines is 1. The van der Waals surface area contributed by atoms with E-state index in [1.807, 2.05) is 6.07 Å². The van der Waals surface area contributed by atoms with E-state index in [0.29, 0.717) is 12.1 Å². The zero-order valence-electron chi connectivity index (χ0n) is 10.2. The Kier molecular flexibility index (Phi) is 4.28. The highest BCUT2D eigenvalue weighted by Crippen LogP contribution is 1.97. The van der Waals surface area contributed by atoms with E-state index in [2.05, 4.69) is 20.8 Å². The van der Waals surface area contributed by atoms with Crippen LogP contribution in [0, 0.1) is 0 Å². The molecule has 0 bridgehead atoms. The molecule has 0 aliphatic rings. The Labute approximate surface area is 110 Å². The lowest BCUT2D eigenvalue weighted by atomic mass is 10.2. The second-order valence-corrected chi connectivity index (χ2v) is 3.91. The number of carbonyl (C=O) groups is 2. The first kappa shape index (κ1) is 12.8. The summed E-state index contributed by atoms with van der Waals surface area (Å²) in [7, 11) is 0. The van der Waals surface area contributed by atoms with E-state index < -0.39 is 0 Å². The molecule has 6 nitrogen and oxygen atoms in total. The van der Waals surface area contributed by atoms with Gasteiger partial charge in [0.15, 0.2) is 0 Å². The van der Waals surface area contributed by atoms with Crippen LogP contribution in [0.25, 0.3) is 0 Å². The molecule has 0 atom stereocenters. The monoisotopic (exact) mass is 258 g/mol. The summed E-state index contributed by atoms with van der Waals surface area (Å²) < 4.78 is 0. The van der Waals surface area contributed by atoms with Crippen LogP contribution in [-0.4, -0.2) is 28.6 Å². The van der Waals surface area contributed by atoms with Crippen LogP contribution in [0.4, 0.5) is 0 Å². The topological polar surface area (TPSA) is 86.9 Å². The molecule has 0 aliphatic carbocycles. The van der Waals surface area contributed by atoms with Gasteiger partial charge in [-0.15, -0.1) is 0 Å². The molecular weight excluding hydrogens is 244 g/mol. The molecule has 19 heavy (non-hydrogen) atoms. The third-order valence-corrected chi connectivity index (χ3v) is 2.48. The van der Waals surface area contributed by atoms with Gasteiger partial charge in [-0.2, -0.15) is 5.10 Å². The van der Waals surface area contributed by atoms with Crippen molar-refractivity contribution in [2.75, 3.05) is 6.54 Å². The number of nitrogens with one attached hydrogen (secondary N) is 3. The third kappa shape index (κ3) is 3.95. The Bertz CT molecular complexity index is 537. The molecule has 98 valence electrons. The van der Waals surface area contributed by atoms with Crippen LogP contribution in [0.2, 0.25) is 0 Å². The Morgan fingerprint density at radius 1 is 1.11 bits per heavy atom. The molecule has 0 saturated carbocycles. The predicted octanol–water partition coefficient (Wildman–Crippen LogP) is 0.456. The number of hydrogen-bond donors (Lipinski definition) is 3. The summed E-state index contributed by atoms with van der Waals surface area (Å²) in [5.41, 5.74) is 1.34. The van der Waals surface area contributed by atoms with E-state index in [4.69, 9.17) is 0 Å². The number of nitrogens with zero attached hydrogens (tertiary/aromatic N) is 1. The molecule has 6 heteroatoms. The average molecular weight is 258 g/mol. The quantitative estimate of drug-likeness (QED) is 0.728. The molecule has 3 N–H and O–H groups in total. The molecule has 0 unspecified atom stereocenters. The summed E-state index contributed by atoms with van der Waals surface area (Å²) in [6.45, 7) is 0.307. The molecule has 2 aromatic rings. The van der Waals surface area contributed by atoms with Crippen LogP contribution >= 0.6 is 0 Å². The molecule has 2 rings (SSSR count). The number of aromatic nitrogens is 2. The van der Waals surface area contributed by atoms with E-state index in [-0.39, 0.29) is 18.4 Å². The summed E-state index contributed by atoms with van der Waals surface area (Å²) >= 11 is 0. The lowest BCUT2D eigenvalue weighted by Gasteiger charge is -2.06. The number of benzene rings is 1. The van der Waals surface area contributed by atoms with Crippen molar-refractivity contribution in [1.82, 2.24) is 20.8 Å². The van der Waals surface area contributed by atoms with E-state index in [1.165, 1.54) is 0 Å². The molecule has 1 aromatic carbocycles. The Balaban J connectivity index is 1.73. The van der Waals surface area contributed by atoms with Crippen LogP contribution in [-0.2, 0) is 11.3 Å². The highest BCUT2D eigenvalue weighted by molar-refractivity contribution is 5.96. The summed E-state index contributed by atoms with van der Waals surface area (Å²) in [6.07, 6.45) is 1.61. The molecule has 2 amide bonds. The lowest BCUT2D eigenvalue weighted by molar-refractivity contribution is -0.120. The highest BCUT2D eigenvalue weighted by Gasteiger charge is 2.07. The van der Waals surface area contributed by atoms with Gasteiger partial charge in [0.05, 0.1) is 18.8 Å². The van der Waals surface area contributed by atoms with Gasteiger partial charge in [0, 0.05) is 11.8 Å². The van der Waals surface area contributed by atoms with Crippen molar-refractivity contribution in [1.29, 1.82) is 0 Å². The average Bonchev–Trinajstić information content (AvgIpc) is 2.96.